The lowest BCUT2D eigenvalue weighted by molar-refractivity contribution is -0.113. The Kier molecular flexibility index (Phi) is 7.07. The van der Waals surface area contributed by atoms with E-state index in [-0.39, 0.29) is 18.3 Å². The van der Waals surface area contributed by atoms with Gasteiger partial charge in [0.1, 0.15) is 12.4 Å². The van der Waals surface area contributed by atoms with Crippen LogP contribution in [0.5, 0.6) is 5.75 Å². The minimum Gasteiger partial charge on any atom is -0.486 e. The summed E-state index contributed by atoms with van der Waals surface area (Å²) in [6.07, 6.45) is 3.39. The Bertz CT molecular complexity index is 959. The first-order chi connectivity index (χ1) is 13.6. The lowest BCUT2D eigenvalue weighted by atomic mass is 10.2. The minimum absolute atomic E-state index is 0.150. The zero-order chi connectivity index (χ0) is 19.9. The van der Waals surface area contributed by atoms with Crippen LogP contribution >= 0.6 is 34.7 Å². The van der Waals surface area contributed by atoms with Crippen molar-refractivity contribution >= 4 is 45.7 Å². The van der Waals surface area contributed by atoms with Crippen molar-refractivity contribution in [3.8, 4) is 5.75 Å². The van der Waals surface area contributed by atoms with Gasteiger partial charge in [0.15, 0.2) is 16.1 Å². The van der Waals surface area contributed by atoms with E-state index < -0.39 is 0 Å². The van der Waals surface area contributed by atoms with Gasteiger partial charge in [0.25, 0.3) is 0 Å². The third-order valence-corrected chi connectivity index (χ3v) is 5.69. The third kappa shape index (κ3) is 5.34. The number of aromatic nitrogens is 4. The van der Waals surface area contributed by atoms with E-state index in [2.05, 4.69) is 27.1 Å². The summed E-state index contributed by atoms with van der Waals surface area (Å²) in [5.41, 5.74) is 0.939. The number of nitrogens with one attached hydrogen (secondary N) is 1. The summed E-state index contributed by atoms with van der Waals surface area (Å²) in [6.45, 7) is 6.45. The van der Waals surface area contributed by atoms with E-state index >= 15 is 0 Å². The molecule has 0 aliphatic carbocycles. The standard InChI is InChI=1S/C18H18ClN5O2S2/c1-3-7-24-15(10-26-13-4-5-14(19)12(2)9-13)22-23-18(24)28-11-16(25)21-17-20-6-8-27-17/h3-6,8-9H,1,7,10-11H2,2H3,(H,20,21,25). The van der Waals surface area contributed by atoms with Gasteiger partial charge in [0, 0.05) is 23.1 Å². The molecule has 3 rings (SSSR count). The smallest absolute Gasteiger partial charge is 0.236 e. The molecule has 0 radical (unpaired) electrons. The minimum atomic E-state index is -0.150. The molecule has 0 bridgehead atoms. The molecule has 0 atom stereocenters. The van der Waals surface area contributed by atoms with Crippen LogP contribution in [0.25, 0.3) is 0 Å². The molecule has 0 saturated carbocycles. The second-order valence-corrected chi connectivity index (χ2v) is 7.92. The molecule has 0 fully saturated rings. The Morgan fingerprint density at radius 2 is 2.32 bits per heavy atom. The number of amides is 1. The van der Waals surface area contributed by atoms with Crippen molar-refractivity contribution in [3.05, 3.63) is 58.8 Å². The Morgan fingerprint density at radius 1 is 1.46 bits per heavy atom. The van der Waals surface area contributed by atoms with Crippen LogP contribution in [0.15, 0.2) is 47.6 Å². The van der Waals surface area contributed by atoms with Crippen molar-refractivity contribution in [1.82, 2.24) is 19.7 Å². The zero-order valence-corrected chi connectivity index (χ0v) is 17.5. The maximum Gasteiger partial charge on any atom is 0.236 e. The normalized spacial score (nSPS) is 10.6. The largest absolute Gasteiger partial charge is 0.486 e. The highest BCUT2D eigenvalue weighted by molar-refractivity contribution is 7.99. The molecule has 0 spiro atoms. The average Bonchev–Trinajstić information content (AvgIpc) is 3.31. The highest BCUT2D eigenvalue weighted by Gasteiger charge is 2.14. The molecule has 3 aromatic rings. The van der Waals surface area contributed by atoms with E-state index in [4.69, 9.17) is 16.3 Å². The van der Waals surface area contributed by atoms with Crippen molar-refractivity contribution in [3.63, 3.8) is 0 Å². The van der Waals surface area contributed by atoms with Crippen LogP contribution in [0.1, 0.15) is 11.4 Å². The summed E-state index contributed by atoms with van der Waals surface area (Å²) >= 11 is 8.71. The predicted molar refractivity (Wildman–Crippen MR) is 112 cm³/mol. The van der Waals surface area contributed by atoms with Gasteiger partial charge in [-0.2, -0.15) is 0 Å². The van der Waals surface area contributed by atoms with Crippen molar-refractivity contribution in [2.75, 3.05) is 11.1 Å². The zero-order valence-electron chi connectivity index (χ0n) is 15.1. The van der Waals surface area contributed by atoms with Crippen LogP contribution in [0.2, 0.25) is 5.02 Å². The van der Waals surface area contributed by atoms with Crippen molar-refractivity contribution in [1.29, 1.82) is 0 Å². The van der Waals surface area contributed by atoms with Crippen molar-refractivity contribution < 1.29 is 9.53 Å². The summed E-state index contributed by atoms with van der Waals surface area (Å²) in [5.74, 6) is 1.40. The Labute approximate surface area is 175 Å². The number of thioether (sulfide) groups is 1. The van der Waals surface area contributed by atoms with Crippen LogP contribution in [0.4, 0.5) is 5.13 Å². The van der Waals surface area contributed by atoms with Gasteiger partial charge >= 0.3 is 0 Å². The molecular formula is C18H18ClN5O2S2. The molecule has 146 valence electrons. The summed E-state index contributed by atoms with van der Waals surface area (Å²) in [4.78, 5) is 16.1. The van der Waals surface area contributed by atoms with Gasteiger partial charge in [-0.1, -0.05) is 29.4 Å². The number of carbonyl (C=O) groups is 1. The molecule has 28 heavy (non-hydrogen) atoms. The van der Waals surface area contributed by atoms with Gasteiger partial charge in [-0.3, -0.25) is 9.36 Å². The monoisotopic (exact) mass is 435 g/mol. The quantitative estimate of drug-likeness (QED) is 0.401. The van der Waals surface area contributed by atoms with Gasteiger partial charge in [0.05, 0.1) is 5.75 Å². The molecular weight excluding hydrogens is 418 g/mol. The number of allylic oxidation sites excluding steroid dienone is 1. The molecule has 1 amide bonds. The van der Waals surface area contributed by atoms with E-state index in [9.17, 15) is 4.79 Å². The Hall–Kier alpha value is -2.36. The lowest BCUT2D eigenvalue weighted by Gasteiger charge is -2.10. The number of hydrogen-bond donors (Lipinski definition) is 1. The molecule has 1 aromatic carbocycles. The lowest BCUT2D eigenvalue weighted by Crippen LogP contribution is -2.14. The number of hydrogen-bond acceptors (Lipinski definition) is 7. The van der Waals surface area contributed by atoms with Gasteiger partial charge < -0.3 is 10.1 Å². The molecule has 10 heteroatoms. The number of thiazole rings is 1. The summed E-state index contributed by atoms with van der Waals surface area (Å²) < 4.78 is 7.68. The SMILES string of the molecule is C=CCn1c(COc2ccc(Cl)c(C)c2)nnc1SCC(=O)Nc1nccs1. The van der Waals surface area contributed by atoms with E-state index in [1.54, 1.807) is 23.7 Å². The van der Waals surface area contributed by atoms with Crippen LogP contribution < -0.4 is 10.1 Å². The Balaban J connectivity index is 1.62. The van der Waals surface area contributed by atoms with Gasteiger partial charge in [-0.15, -0.1) is 28.1 Å². The molecule has 7 nitrogen and oxygen atoms in total. The fourth-order valence-electron chi connectivity index (χ4n) is 2.27. The molecule has 0 aliphatic rings. The molecule has 0 unspecified atom stereocenters. The number of nitrogens with zero attached hydrogens (tertiary/aromatic N) is 4. The number of carbonyl (C=O) groups excluding carboxylic acids is 1. The average molecular weight is 436 g/mol. The molecule has 2 aromatic heterocycles. The van der Waals surface area contributed by atoms with Crippen molar-refractivity contribution in [2.45, 2.75) is 25.2 Å². The van der Waals surface area contributed by atoms with E-state index in [0.29, 0.717) is 33.4 Å². The molecule has 2 heterocycles. The summed E-state index contributed by atoms with van der Waals surface area (Å²) in [7, 11) is 0. The summed E-state index contributed by atoms with van der Waals surface area (Å²) in [6, 6.07) is 5.47. The van der Waals surface area contributed by atoms with Gasteiger partial charge in [-0.05, 0) is 30.7 Å². The first-order valence-corrected chi connectivity index (χ1v) is 10.5. The Morgan fingerprint density at radius 3 is 3.04 bits per heavy atom. The van der Waals surface area contributed by atoms with Crippen LogP contribution in [0, 0.1) is 6.92 Å². The second kappa shape index (κ2) is 9.72. The maximum absolute atomic E-state index is 12.1. The number of benzene rings is 1. The first kappa shape index (κ1) is 20.4. The van der Waals surface area contributed by atoms with Crippen molar-refractivity contribution in [2.24, 2.45) is 0 Å². The maximum atomic E-state index is 12.1. The van der Waals surface area contributed by atoms with Crippen LogP contribution in [-0.2, 0) is 17.9 Å². The molecule has 0 saturated heterocycles. The number of anilines is 1. The number of halogens is 1. The second-order valence-electron chi connectivity index (χ2n) is 5.67. The number of ether oxygens (including phenoxy) is 1. The summed E-state index contributed by atoms with van der Waals surface area (Å²) in [5, 5.41) is 14.8. The highest BCUT2D eigenvalue weighted by atomic mass is 35.5. The predicted octanol–water partition coefficient (Wildman–Crippen LogP) is 4.19. The third-order valence-electron chi connectivity index (χ3n) is 3.61. The fraction of sp³-hybridized carbons (Fsp3) is 0.222. The first-order valence-electron chi connectivity index (χ1n) is 8.31. The fourth-order valence-corrected chi connectivity index (χ4v) is 3.70. The van der Waals surface area contributed by atoms with Gasteiger partial charge in [-0.25, -0.2) is 4.98 Å². The van der Waals surface area contributed by atoms with Gasteiger partial charge in [0.2, 0.25) is 5.91 Å². The molecule has 0 aliphatic heterocycles. The number of rotatable bonds is 9. The van der Waals surface area contributed by atoms with Crippen LogP contribution in [-0.4, -0.2) is 31.4 Å². The van der Waals surface area contributed by atoms with E-state index in [1.165, 1.54) is 23.1 Å². The van der Waals surface area contributed by atoms with Crippen LogP contribution in [0.3, 0.4) is 0 Å². The molecule has 1 N–H and O–H groups in total. The number of aryl methyl sites for hydroxylation is 1. The van der Waals surface area contributed by atoms with E-state index in [1.807, 2.05) is 23.6 Å². The highest BCUT2D eigenvalue weighted by Crippen LogP contribution is 2.23. The topological polar surface area (TPSA) is 81.9 Å². The van der Waals surface area contributed by atoms with E-state index in [0.717, 1.165) is 5.56 Å².